The van der Waals surface area contributed by atoms with Crippen molar-refractivity contribution in [3.8, 4) is 0 Å². The monoisotopic (exact) mass is 436 g/mol. The van der Waals surface area contributed by atoms with E-state index in [1.165, 1.54) is 4.90 Å². The number of rotatable bonds is 7. The van der Waals surface area contributed by atoms with Crippen LogP contribution in [-0.2, 0) is 35.4 Å². The molecule has 9 heteroatoms. The van der Waals surface area contributed by atoms with E-state index in [-0.39, 0.29) is 36.4 Å². The van der Waals surface area contributed by atoms with Crippen molar-refractivity contribution in [1.82, 2.24) is 4.90 Å². The largest absolute Gasteiger partial charge is 0.455 e. The summed E-state index contributed by atoms with van der Waals surface area (Å²) in [5.74, 6) is -1.76. The van der Waals surface area contributed by atoms with Crippen molar-refractivity contribution >= 4 is 33.3 Å². The van der Waals surface area contributed by atoms with Gasteiger partial charge >= 0.3 is 5.97 Å². The number of benzene rings is 1. The first-order chi connectivity index (χ1) is 14.2. The van der Waals surface area contributed by atoms with Crippen LogP contribution in [0.3, 0.4) is 0 Å². The molecule has 0 unspecified atom stereocenters. The molecule has 0 spiro atoms. The minimum atomic E-state index is -3.12. The van der Waals surface area contributed by atoms with Gasteiger partial charge in [-0.2, -0.15) is 0 Å². The van der Waals surface area contributed by atoms with Crippen LogP contribution >= 0.6 is 0 Å². The zero-order valence-corrected chi connectivity index (χ0v) is 18.2. The maximum Gasteiger partial charge on any atom is 0.311 e. The van der Waals surface area contributed by atoms with E-state index in [1.54, 1.807) is 11.8 Å². The summed E-state index contributed by atoms with van der Waals surface area (Å²) in [6, 6.07) is 7.26. The van der Waals surface area contributed by atoms with Crippen LogP contribution in [0.1, 0.15) is 32.3 Å². The molecule has 2 atom stereocenters. The molecule has 2 amide bonds. The second-order valence-corrected chi connectivity index (χ2v) is 10.00. The van der Waals surface area contributed by atoms with Crippen molar-refractivity contribution < 1.29 is 27.5 Å². The Morgan fingerprint density at radius 2 is 1.90 bits per heavy atom. The van der Waals surface area contributed by atoms with E-state index in [2.05, 4.69) is 6.92 Å². The summed E-state index contributed by atoms with van der Waals surface area (Å²) in [6.07, 6.45) is 1.35. The zero-order chi connectivity index (χ0) is 21.9. The fourth-order valence-corrected chi connectivity index (χ4v) is 5.75. The van der Waals surface area contributed by atoms with Gasteiger partial charge in [0, 0.05) is 31.2 Å². The molecule has 30 heavy (non-hydrogen) atoms. The van der Waals surface area contributed by atoms with Gasteiger partial charge in [0.1, 0.15) is 0 Å². The fraction of sp³-hybridized carbons (Fsp3) is 0.571. The lowest BCUT2D eigenvalue weighted by molar-refractivity contribution is -0.155. The SMILES string of the molecule is CCc1ccc(N2C[C@@H](C(=O)OCC(=O)N(CC)[C@@H]3CCS(=O)(=O)C3)CC2=O)cc1. The first-order valence-electron chi connectivity index (χ1n) is 10.3. The summed E-state index contributed by atoms with van der Waals surface area (Å²) in [4.78, 5) is 40.3. The highest BCUT2D eigenvalue weighted by molar-refractivity contribution is 7.91. The van der Waals surface area contributed by atoms with Crippen LogP contribution in [0.4, 0.5) is 5.69 Å². The standard InChI is InChI=1S/C21H28N2O6S/c1-3-15-5-7-17(8-6-15)23-12-16(11-19(23)24)21(26)29-13-20(25)22(4-2)18-9-10-30(27,28)14-18/h5-8,16,18H,3-4,9-14H2,1-2H3/t16-,18+/m0/s1. The normalized spacial score (nSPS) is 22.9. The number of nitrogens with zero attached hydrogens (tertiary/aromatic N) is 2. The molecule has 0 saturated carbocycles. The summed E-state index contributed by atoms with van der Waals surface area (Å²) >= 11 is 0. The number of anilines is 1. The Morgan fingerprint density at radius 3 is 2.47 bits per heavy atom. The van der Waals surface area contributed by atoms with Crippen LogP contribution in [0, 0.1) is 5.92 Å². The Hall–Kier alpha value is -2.42. The topological polar surface area (TPSA) is 101 Å². The Morgan fingerprint density at radius 1 is 1.20 bits per heavy atom. The molecule has 2 aliphatic rings. The van der Waals surface area contributed by atoms with Crippen LogP contribution in [0.2, 0.25) is 0 Å². The second-order valence-electron chi connectivity index (χ2n) is 7.77. The predicted molar refractivity (Wildman–Crippen MR) is 112 cm³/mol. The zero-order valence-electron chi connectivity index (χ0n) is 17.4. The van der Waals surface area contributed by atoms with E-state index in [0.717, 1.165) is 17.7 Å². The van der Waals surface area contributed by atoms with Gasteiger partial charge in [-0.3, -0.25) is 14.4 Å². The minimum absolute atomic E-state index is 0.0426. The van der Waals surface area contributed by atoms with Gasteiger partial charge in [0.2, 0.25) is 5.91 Å². The Bertz CT molecular complexity index is 912. The number of aryl methyl sites for hydroxylation is 1. The molecule has 0 radical (unpaired) electrons. The van der Waals surface area contributed by atoms with Gasteiger partial charge in [-0.15, -0.1) is 0 Å². The molecule has 1 aromatic carbocycles. The van der Waals surface area contributed by atoms with E-state index in [1.807, 2.05) is 24.3 Å². The van der Waals surface area contributed by atoms with E-state index in [4.69, 9.17) is 4.74 Å². The molecule has 2 aliphatic heterocycles. The van der Waals surface area contributed by atoms with Crippen LogP contribution < -0.4 is 4.90 Å². The summed E-state index contributed by atoms with van der Waals surface area (Å²) < 4.78 is 28.5. The number of amides is 2. The quantitative estimate of drug-likeness (QED) is 0.595. The van der Waals surface area contributed by atoms with Crippen molar-refractivity contribution in [2.45, 2.75) is 39.2 Å². The van der Waals surface area contributed by atoms with Crippen LogP contribution in [0.25, 0.3) is 0 Å². The maximum atomic E-state index is 12.5. The number of hydrogen-bond acceptors (Lipinski definition) is 6. The number of esters is 1. The predicted octanol–water partition coefficient (Wildman–Crippen LogP) is 1.18. The Kier molecular flexibility index (Phi) is 6.80. The average Bonchev–Trinajstić information content (AvgIpc) is 3.29. The molecule has 2 fully saturated rings. The minimum Gasteiger partial charge on any atom is -0.455 e. The maximum absolute atomic E-state index is 12.5. The number of hydrogen-bond donors (Lipinski definition) is 0. The molecular weight excluding hydrogens is 408 g/mol. The molecule has 0 bridgehead atoms. The third-order valence-corrected chi connectivity index (χ3v) is 7.51. The lowest BCUT2D eigenvalue weighted by Gasteiger charge is -2.26. The molecule has 8 nitrogen and oxygen atoms in total. The number of sulfone groups is 1. The van der Waals surface area contributed by atoms with Crippen molar-refractivity contribution in [2.75, 3.05) is 36.1 Å². The summed E-state index contributed by atoms with van der Waals surface area (Å²) in [5.41, 5.74) is 1.90. The first-order valence-corrected chi connectivity index (χ1v) is 12.1. The Balaban J connectivity index is 1.54. The van der Waals surface area contributed by atoms with Crippen LogP contribution in [0.5, 0.6) is 0 Å². The lowest BCUT2D eigenvalue weighted by Crippen LogP contribution is -2.43. The highest BCUT2D eigenvalue weighted by Crippen LogP contribution is 2.26. The van der Waals surface area contributed by atoms with Crippen molar-refractivity contribution in [2.24, 2.45) is 5.92 Å². The van der Waals surface area contributed by atoms with Gasteiger partial charge in [-0.25, -0.2) is 8.42 Å². The smallest absolute Gasteiger partial charge is 0.311 e. The fourth-order valence-electron chi connectivity index (χ4n) is 4.02. The van der Waals surface area contributed by atoms with Gasteiger partial charge in [0.25, 0.3) is 5.91 Å². The summed E-state index contributed by atoms with van der Waals surface area (Å²) in [6.45, 7) is 3.94. The number of ether oxygens (including phenoxy) is 1. The van der Waals surface area contributed by atoms with Crippen LogP contribution in [0.15, 0.2) is 24.3 Å². The third-order valence-electron chi connectivity index (χ3n) is 5.76. The lowest BCUT2D eigenvalue weighted by atomic mass is 10.1. The van der Waals surface area contributed by atoms with E-state index in [0.29, 0.717) is 13.0 Å². The molecule has 164 valence electrons. The van der Waals surface area contributed by atoms with Crippen molar-refractivity contribution in [3.63, 3.8) is 0 Å². The average molecular weight is 437 g/mol. The van der Waals surface area contributed by atoms with E-state index in [9.17, 15) is 22.8 Å². The molecule has 2 saturated heterocycles. The van der Waals surface area contributed by atoms with E-state index < -0.39 is 34.2 Å². The molecule has 0 N–H and O–H groups in total. The highest BCUT2D eigenvalue weighted by Gasteiger charge is 2.37. The number of carbonyl (C=O) groups excluding carboxylic acids is 3. The van der Waals surface area contributed by atoms with Gasteiger partial charge in [0.15, 0.2) is 16.4 Å². The Labute approximate surface area is 177 Å². The van der Waals surface area contributed by atoms with Gasteiger partial charge in [-0.05, 0) is 37.5 Å². The molecule has 2 heterocycles. The van der Waals surface area contributed by atoms with Gasteiger partial charge < -0.3 is 14.5 Å². The summed E-state index contributed by atoms with van der Waals surface area (Å²) in [7, 11) is -3.12. The molecule has 0 aliphatic carbocycles. The number of likely N-dealkylation sites (N-methyl/N-ethyl adjacent to an activating group) is 1. The van der Waals surface area contributed by atoms with Gasteiger partial charge in [-0.1, -0.05) is 19.1 Å². The van der Waals surface area contributed by atoms with Crippen molar-refractivity contribution in [3.05, 3.63) is 29.8 Å². The highest BCUT2D eigenvalue weighted by atomic mass is 32.2. The molecule has 3 rings (SSSR count). The first kappa shape index (κ1) is 22.3. The van der Waals surface area contributed by atoms with E-state index >= 15 is 0 Å². The van der Waals surface area contributed by atoms with Crippen LogP contribution in [-0.4, -0.2) is 68.3 Å². The molecule has 1 aromatic rings. The molecular formula is C21H28N2O6S. The summed E-state index contributed by atoms with van der Waals surface area (Å²) in [5, 5.41) is 0. The second kappa shape index (κ2) is 9.16. The third kappa shape index (κ3) is 5.00. The van der Waals surface area contributed by atoms with Crippen molar-refractivity contribution in [1.29, 1.82) is 0 Å². The molecule has 0 aromatic heterocycles. The van der Waals surface area contributed by atoms with Gasteiger partial charge in [0.05, 0.1) is 17.4 Å². The number of carbonyl (C=O) groups is 3.